The minimum atomic E-state index is -0.488. The number of hydrogen-bond acceptors (Lipinski definition) is 4. The molecule has 21 heavy (non-hydrogen) atoms. The normalized spacial score (nSPS) is 18.9. The zero-order valence-corrected chi connectivity index (χ0v) is 12.0. The van der Waals surface area contributed by atoms with Crippen molar-refractivity contribution in [3.63, 3.8) is 0 Å². The summed E-state index contributed by atoms with van der Waals surface area (Å²) >= 11 is 0. The number of halogens is 1. The number of amides is 1. The summed E-state index contributed by atoms with van der Waals surface area (Å²) in [6, 6.07) is 4.32. The molecule has 1 amide bonds. The highest BCUT2D eigenvalue weighted by Gasteiger charge is 2.23. The van der Waals surface area contributed by atoms with Crippen molar-refractivity contribution in [1.29, 1.82) is 0 Å². The lowest BCUT2D eigenvalue weighted by Crippen LogP contribution is -2.33. The van der Waals surface area contributed by atoms with Crippen LogP contribution in [-0.2, 0) is 4.79 Å². The number of carbonyl (C=O) groups excluding carboxylic acids is 1. The van der Waals surface area contributed by atoms with E-state index >= 15 is 0 Å². The van der Waals surface area contributed by atoms with Gasteiger partial charge in [-0.2, -0.15) is 0 Å². The quantitative estimate of drug-likeness (QED) is 0.696. The van der Waals surface area contributed by atoms with Gasteiger partial charge in [0.15, 0.2) is 0 Å². The van der Waals surface area contributed by atoms with Crippen LogP contribution < -0.4 is 11.1 Å². The second kappa shape index (κ2) is 7.38. The molecule has 5 nitrogen and oxygen atoms in total. The average Bonchev–Trinajstić information content (AvgIpc) is 2.90. The number of nitrogens with one attached hydrogen (secondary N) is 1. The van der Waals surface area contributed by atoms with Gasteiger partial charge >= 0.3 is 0 Å². The highest BCUT2D eigenvalue weighted by Crippen LogP contribution is 2.19. The second-order valence-corrected chi connectivity index (χ2v) is 5.41. The van der Waals surface area contributed by atoms with Crippen LogP contribution in [-0.4, -0.2) is 41.7 Å². The highest BCUT2D eigenvalue weighted by molar-refractivity contribution is 5.91. The molecule has 0 spiro atoms. The Balaban J connectivity index is 1.76. The maximum absolute atomic E-state index is 13.5. The van der Waals surface area contributed by atoms with Gasteiger partial charge in [0.1, 0.15) is 5.82 Å². The van der Waals surface area contributed by atoms with Crippen LogP contribution in [0.2, 0.25) is 0 Å². The van der Waals surface area contributed by atoms with Gasteiger partial charge in [0.25, 0.3) is 0 Å². The summed E-state index contributed by atoms with van der Waals surface area (Å²) < 4.78 is 13.5. The fourth-order valence-electron chi connectivity index (χ4n) is 2.69. The van der Waals surface area contributed by atoms with Crippen LogP contribution in [0.3, 0.4) is 0 Å². The molecule has 0 aromatic heterocycles. The van der Waals surface area contributed by atoms with E-state index in [2.05, 4.69) is 10.2 Å². The lowest BCUT2D eigenvalue weighted by Gasteiger charge is -2.22. The van der Waals surface area contributed by atoms with E-state index in [0.717, 1.165) is 25.9 Å². The Hall–Kier alpha value is -1.66. The van der Waals surface area contributed by atoms with Gasteiger partial charge in [-0.1, -0.05) is 0 Å². The van der Waals surface area contributed by atoms with Crippen LogP contribution in [0.5, 0.6) is 0 Å². The number of hydrogen-bond donors (Lipinski definition) is 3. The van der Waals surface area contributed by atoms with E-state index in [-0.39, 0.29) is 24.2 Å². The monoisotopic (exact) mass is 295 g/mol. The lowest BCUT2D eigenvalue weighted by atomic mass is 10.2. The number of nitrogens with zero attached hydrogens (tertiary/aromatic N) is 1. The first kappa shape index (κ1) is 15.7. The smallest absolute Gasteiger partial charge is 0.224 e. The molecule has 1 aromatic rings. The van der Waals surface area contributed by atoms with Crippen molar-refractivity contribution in [2.45, 2.75) is 31.7 Å². The average molecular weight is 295 g/mol. The first-order valence-corrected chi connectivity index (χ1v) is 7.30. The third kappa shape index (κ3) is 4.41. The molecule has 1 atom stereocenters. The fourth-order valence-corrected chi connectivity index (χ4v) is 2.69. The zero-order chi connectivity index (χ0) is 15.2. The van der Waals surface area contributed by atoms with Gasteiger partial charge in [-0.3, -0.25) is 9.69 Å². The van der Waals surface area contributed by atoms with Crippen molar-refractivity contribution in [1.82, 2.24) is 4.90 Å². The molecule has 4 N–H and O–H groups in total. The molecule has 1 aliphatic heterocycles. The molecule has 1 fully saturated rings. The largest absolute Gasteiger partial charge is 0.399 e. The highest BCUT2D eigenvalue weighted by atomic mass is 19.1. The minimum absolute atomic E-state index is 0.120. The summed E-state index contributed by atoms with van der Waals surface area (Å²) in [4.78, 5) is 14.0. The van der Waals surface area contributed by atoms with E-state index in [1.54, 1.807) is 0 Å². The van der Waals surface area contributed by atoms with E-state index < -0.39 is 5.82 Å². The van der Waals surface area contributed by atoms with Crippen molar-refractivity contribution in [3.8, 4) is 0 Å². The molecule has 116 valence electrons. The van der Waals surface area contributed by atoms with Crippen molar-refractivity contribution in [3.05, 3.63) is 24.0 Å². The predicted octanol–water partition coefficient (Wildman–Crippen LogP) is 1.58. The van der Waals surface area contributed by atoms with Gasteiger partial charge in [-0.15, -0.1) is 0 Å². The van der Waals surface area contributed by atoms with E-state index in [1.165, 1.54) is 18.2 Å². The predicted molar refractivity (Wildman–Crippen MR) is 80.4 cm³/mol. The number of rotatable bonds is 6. The third-order valence-electron chi connectivity index (χ3n) is 3.82. The first-order valence-electron chi connectivity index (χ1n) is 7.30. The van der Waals surface area contributed by atoms with Crippen molar-refractivity contribution < 1.29 is 14.3 Å². The molecule has 1 aliphatic rings. The van der Waals surface area contributed by atoms with Crippen LogP contribution in [0.4, 0.5) is 15.8 Å². The summed E-state index contributed by atoms with van der Waals surface area (Å²) in [7, 11) is 0. The van der Waals surface area contributed by atoms with Gasteiger partial charge < -0.3 is 16.2 Å². The summed E-state index contributed by atoms with van der Waals surface area (Å²) in [5.41, 5.74) is 6.10. The molecule has 6 heteroatoms. The Kier molecular flexibility index (Phi) is 5.52. The SMILES string of the molecule is Nc1ccc(F)c(NC(=O)CCCN2CCCC2CO)c1. The number of aliphatic hydroxyl groups excluding tert-OH is 1. The molecule has 1 aromatic carbocycles. The molecular weight excluding hydrogens is 273 g/mol. The molecule has 0 bridgehead atoms. The van der Waals surface area contributed by atoms with E-state index in [9.17, 15) is 14.3 Å². The van der Waals surface area contributed by atoms with Gasteiger partial charge in [-0.05, 0) is 50.6 Å². The Morgan fingerprint density at radius 1 is 1.52 bits per heavy atom. The molecular formula is C15H22FN3O2. The summed E-state index contributed by atoms with van der Waals surface area (Å²) in [5.74, 6) is -0.711. The molecule has 1 saturated heterocycles. The molecule has 0 radical (unpaired) electrons. The Morgan fingerprint density at radius 2 is 2.33 bits per heavy atom. The Morgan fingerprint density at radius 3 is 3.10 bits per heavy atom. The summed E-state index contributed by atoms with van der Waals surface area (Å²) in [6.45, 7) is 1.91. The molecule has 0 aliphatic carbocycles. The number of anilines is 2. The topological polar surface area (TPSA) is 78.6 Å². The summed E-state index contributed by atoms with van der Waals surface area (Å²) in [5, 5.41) is 11.8. The maximum atomic E-state index is 13.5. The van der Waals surface area contributed by atoms with Gasteiger partial charge in [0.2, 0.25) is 5.91 Å². The van der Waals surface area contributed by atoms with Crippen LogP contribution in [0, 0.1) is 5.82 Å². The van der Waals surface area contributed by atoms with Crippen LogP contribution in [0.15, 0.2) is 18.2 Å². The van der Waals surface area contributed by atoms with E-state index in [1.807, 2.05) is 0 Å². The van der Waals surface area contributed by atoms with E-state index in [4.69, 9.17) is 5.73 Å². The molecule has 2 rings (SSSR count). The minimum Gasteiger partial charge on any atom is -0.399 e. The van der Waals surface area contributed by atoms with Crippen molar-refractivity contribution >= 4 is 17.3 Å². The van der Waals surface area contributed by atoms with Crippen molar-refractivity contribution in [2.75, 3.05) is 30.7 Å². The van der Waals surface area contributed by atoms with Gasteiger partial charge in [-0.25, -0.2) is 4.39 Å². The van der Waals surface area contributed by atoms with Crippen molar-refractivity contribution in [2.24, 2.45) is 0 Å². The van der Waals surface area contributed by atoms with Crippen LogP contribution >= 0.6 is 0 Å². The Bertz CT molecular complexity index is 496. The standard InChI is InChI=1S/C15H22FN3O2/c16-13-6-5-11(17)9-14(13)18-15(21)4-2-8-19-7-1-3-12(19)10-20/h5-6,9,12,20H,1-4,7-8,10,17H2,(H,18,21). The number of nitrogens with two attached hydrogens (primary N) is 1. The molecule has 0 saturated carbocycles. The first-order chi connectivity index (χ1) is 10.1. The number of carbonyl (C=O) groups is 1. The Labute approximate surface area is 123 Å². The number of likely N-dealkylation sites (tertiary alicyclic amines) is 1. The molecule has 1 unspecified atom stereocenters. The zero-order valence-electron chi connectivity index (χ0n) is 12.0. The second-order valence-electron chi connectivity index (χ2n) is 5.41. The maximum Gasteiger partial charge on any atom is 0.224 e. The number of benzene rings is 1. The van der Waals surface area contributed by atoms with Crippen LogP contribution in [0.25, 0.3) is 0 Å². The fraction of sp³-hybridized carbons (Fsp3) is 0.533. The van der Waals surface area contributed by atoms with Crippen LogP contribution in [0.1, 0.15) is 25.7 Å². The lowest BCUT2D eigenvalue weighted by molar-refractivity contribution is -0.116. The number of nitrogen functional groups attached to an aromatic ring is 1. The van der Waals surface area contributed by atoms with Gasteiger partial charge in [0, 0.05) is 18.2 Å². The molecule has 1 heterocycles. The summed E-state index contributed by atoms with van der Waals surface area (Å²) in [6.07, 6.45) is 3.11. The number of aliphatic hydroxyl groups is 1. The van der Waals surface area contributed by atoms with E-state index in [0.29, 0.717) is 18.5 Å². The third-order valence-corrected chi connectivity index (χ3v) is 3.82. The van der Waals surface area contributed by atoms with Gasteiger partial charge in [0.05, 0.1) is 12.3 Å².